The van der Waals surface area contributed by atoms with Crippen LogP contribution >= 0.6 is 0 Å². The molecule has 0 saturated carbocycles. The lowest BCUT2D eigenvalue weighted by Gasteiger charge is -2.06. The Bertz CT molecular complexity index is 350. The quantitative estimate of drug-likeness (QED) is 0.439. The Morgan fingerprint density at radius 1 is 1.47 bits per heavy atom. The van der Waals surface area contributed by atoms with Crippen LogP contribution < -0.4 is 4.72 Å². The molecule has 0 aromatic rings. The zero-order chi connectivity index (χ0) is 13.3. The highest BCUT2D eigenvalue weighted by molar-refractivity contribution is 7.89. The largest absolute Gasteiger partial charge is 0.481 e. The van der Waals surface area contributed by atoms with E-state index in [-0.39, 0.29) is 31.7 Å². The molecule has 0 radical (unpaired) electrons. The van der Waals surface area contributed by atoms with Crippen LogP contribution in [0.4, 0.5) is 0 Å². The lowest BCUT2D eigenvalue weighted by Crippen LogP contribution is -2.30. The van der Waals surface area contributed by atoms with Crippen molar-refractivity contribution in [1.29, 1.82) is 0 Å². The highest BCUT2D eigenvalue weighted by Gasteiger charge is 2.10. The standard InChI is InChI=1S/C10H19NO5S/c1-9(2)8-16-6-5-11-17(14,15)7-3-4-10(12)13/h11H,1,3-8H2,2H3,(H,12,13). The van der Waals surface area contributed by atoms with Crippen LogP contribution in [0.25, 0.3) is 0 Å². The summed E-state index contributed by atoms with van der Waals surface area (Å²) in [7, 11) is -3.39. The molecule has 0 saturated heterocycles. The minimum absolute atomic E-state index is 0.108. The lowest BCUT2D eigenvalue weighted by molar-refractivity contribution is -0.137. The molecular weight excluding hydrogens is 246 g/mol. The number of hydrogen-bond acceptors (Lipinski definition) is 4. The monoisotopic (exact) mass is 265 g/mol. The highest BCUT2D eigenvalue weighted by atomic mass is 32.2. The third-order valence-corrected chi connectivity index (χ3v) is 3.19. The van der Waals surface area contributed by atoms with Gasteiger partial charge in [0.15, 0.2) is 0 Å². The van der Waals surface area contributed by atoms with Crippen LogP contribution in [0.2, 0.25) is 0 Å². The summed E-state index contributed by atoms with van der Waals surface area (Å²) >= 11 is 0. The number of carboxylic acids is 1. The van der Waals surface area contributed by atoms with Crippen molar-refractivity contribution in [3.05, 3.63) is 12.2 Å². The molecule has 0 aromatic carbocycles. The molecule has 0 aliphatic carbocycles. The number of carboxylic acid groups (broad SMARTS) is 1. The molecule has 6 nitrogen and oxygen atoms in total. The molecule has 0 aliphatic heterocycles. The number of ether oxygens (including phenoxy) is 1. The van der Waals surface area contributed by atoms with Gasteiger partial charge < -0.3 is 9.84 Å². The van der Waals surface area contributed by atoms with E-state index in [4.69, 9.17) is 9.84 Å². The molecule has 0 aromatic heterocycles. The molecule has 0 bridgehead atoms. The first kappa shape index (κ1) is 16.1. The fraction of sp³-hybridized carbons (Fsp3) is 0.700. The van der Waals surface area contributed by atoms with Crippen LogP contribution in [0, 0.1) is 0 Å². The van der Waals surface area contributed by atoms with Gasteiger partial charge in [0.05, 0.1) is 19.0 Å². The second-order valence-corrected chi connectivity index (χ2v) is 5.65. The average molecular weight is 265 g/mol. The Hall–Kier alpha value is -0.920. The average Bonchev–Trinajstić information content (AvgIpc) is 2.15. The summed E-state index contributed by atoms with van der Waals surface area (Å²) in [6.07, 6.45) is -0.0373. The number of rotatable bonds is 10. The zero-order valence-corrected chi connectivity index (χ0v) is 10.8. The van der Waals surface area contributed by atoms with E-state index in [0.717, 1.165) is 5.57 Å². The second kappa shape index (κ2) is 8.21. The van der Waals surface area contributed by atoms with Crippen molar-refractivity contribution >= 4 is 16.0 Å². The van der Waals surface area contributed by atoms with Crippen molar-refractivity contribution in [2.24, 2.45) is 0 Å². The predicted octanol–water partition coefficient (Wildman–Crippen LogP) is 0.363. The smallest absolute Gasteiger partial charge is 0.303 e. The van der Waals surface area contributed by atoms with Gasteiger partial charge in [-0.2, -0.15) is 0 Å². The summed E-state index contributed by atoms with van der Waals surface area (Å²) in [6.45, 7) is 6.31. The van der Waals surface area contributed by atoms with Crippen LogP contribution in [0.3, 0.4) is 0 Å². The van der Waals surface area contributed by atoms with E-state index in [2.05, 4.69) is 11.3 Å². The van der Waals surface area contributed by atoms with Crippen LogP contribution in [0.1, 0.15) is 19.8 Å². The third-order valence-electron chi connectivity index (χ3n) is 1.72. The summed E-state index contributed by atoms with van der Waals surface area (Å²) in [5.74, 6) is -1.18. The fourth-order valence-electron chi connectivity index (χ4n) is 1.00. The summed E-state index contributed by atoms with van der Waals surface area (Å²) in [5.41, 5.74) is 0.870. The minimum Gasteiger partial charge on any atom is -0.481 e. The van der Waals surface area contributed by atoms with Crippen LogP contribution in [0.15, 0.2) is 12.2 Å². The molecule has 7 heteroatoms. The van der Waals surface area contributed by atoms with Crippen molar-refractivity contribution in [3.8, 4) is 0 Å². The number of carbonyl (C=O) groups is 1. The first-order valence-corrected chi connectivity index (χ1v) is 6.90. The Morgan fingerprint density at radius 2 is 2.12 bits per heavy atom. The van der Waals surface area contributed by atoms with Crippen LogP contribution in [0.5, 0.6) is 0 Å². The van der Waals surface area contributed by atoms with Crippen LogP contribution in [-0.4, -0.2) is 45.0 Å². The Balaban J connectivity index is 3.64. The van der Waals surface area contributed by atoms with E-state index in [1.807, 2.05) is 6.92 Å². The van der Waals surface area contributed by atoms with Crippen molar-refractivity contribution in [1.82, 2.24) is 4.72 Å². The van der Waals surface area contributed by atoms with Gasteiger partial charge >= 0.3 is 5.97 Å². The molecule has 0 amide bonds. The summed E-state index contributed by atoms with van der Waals surface area (Å²) in [4.78, 5) is 10.2. The highest BCUT2D eigenvalue weighted by Crippen LogP contribution is 1.94. The summed E-state index contributed by atoms with van der Waals surface area (Å²) in [5, 5.41) is 8.36. The number of nitrogens with one attached hydrogen (secondary N) is 1. The summed E-state index contributed by atoms with van der Waals surface area (Å²) in [6, 6.07) is 0. The number of hydrogen-bond donors (Lipinski definition) is 2. The Labute approximate surface area is 102 Å². The maximum Gasteiger partial charge on any atom is 0.303 e. The van der Waals surface area contributed by atoms with E-state index >= 15 is 0 Å². The molecule has 17 heavy (non-hydrogen) atoms. The van der Waals surface area contributed by atoms with Gasteiger partial charge in [-0.05, 0) is 13.3 Å². The lowest BCUT2D eigenvalue weighted by atomic mass is 10.3. The van der Waals surface area contributed by atoms with E-state index < -0.39 is 16.0 Å². The molecule has 2 N–H and O–H groups in total. The molecule has 0 spiro atoms. The predicted molar refractivity (Wildman–Crippen MR) is 64.3 cm³/mol. The van der Waals surface area contributed by atoms with Gasteiger partial charge in [-0.15, -0.1) is 0 Å². The normalized spacial score (nSPS) is 11.4. The topological polar surface area (TPSA) is 92.7 Å². The van der Waals surface area contributed by atoms with Gasteiger partial charge in [0.2, 0.25) is 10.0 Å². The van der Waals surface area contributed by atoms with E-state index in [1.165, 1.54) is 0 Å². The first-order valence-electron chi connectivity index (χ1n) is 5.25. The number of aliphatic carboxylic acids is 1. The molecular formula is C10H19NO5S. The van der Waals surface area contributed by atoms with Gasteiger partial charge in [-0.25, -0.2) is 13.1 Å². The maximum absolute atomic E-state index is 11.3. The summed E-state index contributed by atoms with van der Waals surface area (Å²) < 4.78 is 30.1. The number of sulfonamides is 1. The molecule has 0 aliphatic rings. The van der Waals surface area contributed by atoms with Gasteiger partial charge in [-0.1, -0.05) is 12.2 Å². The van der Waals surface area contributed by atoms with Crippen LogP contribution in [-0.2, 0) is 19.6 Å². The molecule has 0 fully saturated rings. The van der Waals surface area contributed by atoms with E-state index in [0.29, 0.717) is 6.61 Å². The molecule has 0 atom stereocenters. The Morgan fingerprint density at radius 3 is 2.65 bits per heavy atom. The van der Waals surface area contributed by atoms with E-state index in [1.54, 1.807) is 0 Å². The van der Waals surface area contributed by atoms with Crippen molar-refractivity contribution in [2.75, 3.05) is 25.5 Å². The third kappa shape index (κ3) is 11.3. The van der Waals surface area contributed by atoms with Gasteiger partial charge in [0, 0.05) is 13.0 Å². The minimum atomic E-state index is -3.39. The SMILES string of the molecule is C=C(C)COCCNS(=O)(=O)CCCC(=O)O. The Kier molecular flexibility index (Phi) is 7.77. The second-order valence-electron chi connectivity index (χ2n) is 3.72. The molecule has 0 heterocycles. The van der Waals surface area contributed by atoms with Crippen molar-refractivity contribution in [2.45, 2.75) is 19.8 Å². The molecule has 0 unspecified atom stereocenters. The van der Waals surface area contributed by atoms with E-state index in [9.17, 15) is 13.2 Å². The molecule has 0 rings (SSSR count). The van der Waals surface area contributed by atoms with Gasteiger partial charge in [-0.3, -0.25) is 4.79 Å². The van der Waals surface area contributed by atoms with Gasteiger partial charge in [0.1, 0.15) is 0 Å². The fourth-order valence-corrected chi connectivity index (χ4v) is 2.06. The zero-order valence-electron chi connectivity index (χ0n) is 9.94. The van der Waals surface area contributed by atoms with Crippen molar-refractivity contribution < 1.29 is 23.1 Å². The maximum atomic E-state index is 11.3. The molecule has 100 valence electrons. The van der Waals surface area contributed by atoms with Gasteiger partial charge in [0.25, 0.3) is 0 Å². The first-order chi connectivity index (χ1) is 7.83. The van der Waals surface area contributed by atoms with Crippen molar-refractivity contribution in [3.63, 3.8) is 0 Å².